The van der Waals surface area contributed by atoms with Crippen LogP contribution in [0.1, 0.15) is 12.5 Å². The van der Waals surface area contributed by atoms with Crippen molar-refractivity contribution in [1.29, 1.82) is 0 Å². The van der Waals surface area contributed by atoms with Gasteiger partial charge in [-0.05, 0) is 12.5 Å². The molecule has 0 spiro atoms. The number of carbonyl (C=O) groups excluding carboxylic acids is 1. The van der Waals surface area contributed by atoms with E-state index in [1.807, 2.05) is 24.2 Å². The molecule has 0 atom stereocenters. The van der Waals surface area contributed by atoms with Gasteiger partial charge in [0.15, 0.2) is 0 Å². The average Bonchev–Trinajstić information content (AvgIpc) is 2.30. The van der Waals surface area contributed by atoms with Crippen LogP contribution in [-0.4, -0.2) is 47.0 Å². The van der Waals surface area contributed by atoms with Gasteiger partial charge in [0.2, 0.25) is 11.9 Å². The maximum Gasteiger partial charge on any atom is 0.225 e. The Labute approximate surface area is 95.1 Å². The van der Waals surface area contributed by atoms with E-state index in [1.165, 1.54) is 0 Å². The van der Waals surface area contributed by atoms with Gasteiger partial charge in [-0.15, -0.1) is 0 Å². The van der Waals surface area contributed by atoms with Gasteiger partial charge in [-0.3, -0.25) is 4.79 Å². The number of anilines is 1. The van der Waals surface area contributed by atoms with E-state index < -0.39 is 0 Å². The van der Waals surface area contributed by atoms with E-state index in [9.17, 15) is 4.79 Å². The van der Waals surface area contributed by atoms with Crippen molar-refractivity contribution in [2.75, 3.05) is 31.1 Å². The Hall–Kier alpha value is -1.65. The Morgan fingerprint density at radius 1 is 1.19 bits per heavy atom. The van der Waals surface area contributed by atoms with Crippen molar-refractivity contribution in [3.05, 3.63) is 18.0 Å². The Morgan fingerprint density at radius 3 is 2.25 bits per heavy atom. The lowest BCUT2D eigenvalue weighted by Gasteiger charge is -2.34. The summed E-state index contributed by atoms with van der Waals surface area (Å²) < 4.78 is 0. The molecule has 0 unspecified atom stereocenters. The van der Waals surface area contributed by atoms with Crippen LogP contribution in [0.2, 0.25) is 0 Å². The standard InChI is InChI=1S/C11H16N4O/c1-9-7-12-11(13-8-9)15-5-3-14(4-6-15)10(2)16/h7-8H,3-6H2,1-2H3. The molecule has 2 heterocycles. The SMILES string of the molecule is CC(=O)N1CCN(c2ncc(C)cn2)CC1. The van der Waals surface area contributed by atoms with Gasteiger partial charge < -0.3 is 9.80 Å². The zero-order chi connectivity index (χ0) is 11.5. The van der Waals surface area contributed by atoms with Crippen LogP contribution >= 0.6 is 0 Å². The molecule has 1 fully saturated rings. The topological polar surface area (TPSA) is 49.3 Å². The fourth-order valence-corrected chi connectivity index (χ4v) is 1.77. The number of carbonyl (C=O) groups is 1. The second kappa shape index (κ2) is 4.47. The third-order valence-corrected chi connectivity index (χ3v) is 2.78. The average molecular weight is 220 g/mol. The van der Waals surface area contributed by atoms with Crippen molar-refractivity contribution in [2.45, 2.75) is 13.8 Å². The molecule has 86 valence electrons. The van der Waals surface area contributed by atoms with Crippen LogP contribution in [0, 0.1) is 6.92 Å². The quantitative estimate of drug-likeness (QED) is 0.689. The second-order valence-corrected chi connectivity index (χ2v) is 4.05. The van der Waals surface area contributed by atoms with E-state index in [-0.39, 0.29) is 5.91 Å². The first-order valence-corrected chi connectivity index (χ1v) is 5.46. The molecular formula is C11H16N4O. The highest BCUT2D eigenvalue weighted by molar-refractivity contribution is 5.73. The Kier molecular flexibility index (Phi) is 3.03. The number of hydrogen-bond acceptors (Lipinski definition) is 4. The highest BCUT2D eigenvalue weighted by Gasteiger charge is 2.19. The van der Waals surface area contributed by atoms with E-state index in [2.05, 4.69) is 14.9 Å². The molecule has 2 rings (SSSR count). The van der Waals surface area contributed by atoms with E-state index in [4.69, 9.17) is 0 Å². The summed E-state index contributed by atoms with van der Waals surface area (Å²) in [5.74, 6) is 0.901. The van der Waals surface area contributed by atoms with Crippen LogP contribution in [0.3, 0.4) is 0 Å². The van der Waals surface area contributed by atoms with Crippen molar-refractivity contribution >= 4 is 11.9 Å². The summed E-state index contributed by atoms with van der Waals surface area (Å²) in [4.78, 5) is 23.7. The molecule has 1 saturated heterocycles. The summed E-state index contributed by atoms with van der Waals surface area (Å²) in [5, 5.41) is 0. The lowest BCUT2D eigenvalue weighted by Crippen LogP contribution is -2.48. The summed E-state index contributed by atoms with van der Waals surface area (Å²) in [6.07, 6.45) is 3.64. The number of hydrogen-bond donors (Lipinski definition) is 0. The minimum Gasteiger partial charge on any atom is -0.339 e. The van der Waals surface area contributed by atoms with Gasteiger partial charge in [-0.1, -0.05) is 0 Å². The first-order valence-electron chi connectivity index (χ1n) is 5.46. The summed E-state index contributed by atoms with van der Waals surface area (Å²) in [6.45, 7) is 6.71. The van der Waals surface area contributed by atoms with E-state index in [1.54, 1.807) is 6.92 Å². The summed E-state index contributed by atoms with van der Waals surface area (Å²) in [5.41, 5.74) is 1.06. The number of nitrogens with zero attached hydrogens (tertiary/aromatic N) is 4. The Morgan fingerprint density at radius 2 is 1.75 bits per heavy atom. The predicted molar refractivity (Wildman–Crippen MR) is 61.2 cm³/mol. The molecule has 0 aliphatic carbocycles. The lowest BCUT2D eigenvalue weighted by atomic mass is 10.3. The molecule has 1 aliphatic heterocycles. The van der Waals surface area contributed by atoms with Gasteiger partial charge in [0, 0.05) is 45.5 Å². The van der Waals surface area contributed by atoms with E-state index >= 15 is 0 Å². The third-order valence-electron chi connectivity index (χ3n) is 2.78. The van der Waals surface area contributed by atoms with Crippen LogP contribution < -0.4 is 4.90 Å². The normalized spacial score (nSPS) is 16.4. The third kappa shape index (κ3) is 2.29. The maximum absolute atomic E-state index is 11.2. The van der Waals surface area contributed by atoms with Crippen molar-refractivity contribution in [3.8, 4) is 0 Å². The summed E-state index contributed by atoms with van der Waals surface area (Å²) >= 11 is 0. The second-order valence-electron chi connectivity index (χ2n) is 4.05. The number of piperazine rings is 1. The molecule has 0 bridgehead atoms. The van der Waals surface area contributed by atoms with Crippen LogP contribution in [0.5, 0.6) is 0 Å². The molecule has 5 nitrogen and oxygen atoms in total. The van der Waals surface area contributed by atoms with E-state index in [0.717, 1.165) is 37.7 Å². The molecule has 0 radical (unpaired) electrons. The monoisotopic (exact) mass is 220 g/mol. The molecule has 1 aliphatic rings. The number of aromatic nitrogens is 2. The molecule has 1 aromatic rings. The number of aryl methyl sites for hydroxylation is 1. The first kappa shape index (κ1) is 10.9. The molecule has 0 saturated carbocycles. The van der Waals surface area contributed by atoms with Gasteiger partial charge in [0.05, 0.1) is 0 Å². The molecule has 1 amide bonds. The summed E-state index contributed by atoms with van der Waals surface area (Å²) in [6, 6.07) is 0. The van der Waals surface area contributed by atoms with Crippen LogP contribution in [0.4, 0.5) is 5.95 Å². The Bertz CT molecular complexity index is 368. The van der Waals surface area contributed by atoms with Gasteiger partial charge in [-0.2, -0.15) is 0 Å². The van der Waals surface area contributed by atoms with Gasteiger partial charge in [0.25, 0.3) is 0 Å². The molecule has 0 N–H and O–H groups in total. The highest BCUT2D eigenvalue weighted by atomic mass is 16.2. The van der Waals surface area contributed by atoms with Crippen molar-refractivity contribution in [1.82, 2.24) is 14.9 Å². The Balaban J connectivity index is 1.99. The van der Waals surface area contributed by atoms with Crippen molar-refractivity contribution in [2.24, 2.45) is 0 Å². The zero-order valence-corrected chi connectivity index (χ0v) is 9.68. The van der Waals surface area contributed by atoms with E-state index in [0.29, 0.717) is 0 Å². The summed E-state index contributed by atoms with van der Waals surface area (Å²) in [7, 11) is 0. The smallest absolute Gasteiger partial charge is 0.225 e. The van der Waals surface area contributed by atoms with Crippen molar-refractivity contribution < 1.29 is 4.79 Å². The van der Waals surface area contributed by atoms with Gasteiger partial charge in [0.1, 0.15) is 0 Å². The lowest BCUT2D eigenvalue weighted by molar-refractivity contribution is -0.129. The molecule has 5 heteroatoms. The fraction of sp³-hybridized carbons (Fsp3) is 0.545. The fourth-order valence-electron chi connectivity index (χ4n) is 1.77. The largest absolute Gasteiger partial charge is 0.339 e. The molecule has 0 aromatic carbocycles. The zero-order valence-electron chi connectivity index (χ0n) is 9.68. The number of rotatable bonds is 1. The number of amides is 1. The maximum atomic E-state index is 11.2. The van der Waals surface area contributed by atoms with Gasteiger partial charge in [-0.25, -0.2) is 9.97 Å². The van der Waals surface area contributed by atoms with Gasteiger partial charge >= 0.3 is 0 Å². The molecule has 1 aromatic heterocycles. The first-order chi connectivity index (χ1) is 7.66. The molecule has 16 heavy (non-hydrogen) atoms. The van der Waals surface area contributed by atoms with Crippen molar-refractivity contribution in [3.63, 3.8) is 0 Å². The predicted octanol–water partition coefficient (Wildman–Crippen LogP) is 0.454. The van der Waals surface area contributed by atoms with Crippen LogP contribution in [-0.2, 0) is 4.79 Å². The van der Waals surface area contributed by atoms with Crippen LogP contribution in [0.15, 0.2) is 12.4 Å². The molecular weight excluding hydrogens is 204 g/mol. The van der Waals surface area contributed by atoms with Crippen LogP contribution in [0.25, 0.3) is 0 Å². The minimum atomic E-state index is 0.143. The highest BCUT2D eigenvalue weighted by Crippen LogP contribution is 2.10. The minimum absolute atomic E-state index is 0.143.